The average molecular weight is 252 g/mol. The maximum absolute atomic E-state index is 11.5. The number of benzene rings is 1. The number of carbonyl (C=O) groups is 2. The van der Waals surface area contributed by atoms with Gasteiger partial charge in [0.1, 0.15) is 0 Å². The molecule has 0 aromatic heterocycles. The van der Waals surface area contributed by atoms with E-state index in [1.54, 1.807) is 19.2 Å². The quantitative estimate of drug-likeness (QED) is 0.617. The van der Waals surface area contributed by atoms with Crippen LogP contribution in [0.1, 0.15) is 10.4 Å². The van der Waals surface area contributed by atoms with Crippen molar-refractivity contribution in [1.82, 2.24) is 5.32 Å². The van der Waals surface area contributed by atoms with Crippen LogP contribution >= 0.6 is 0 Å². The van der Waals surface area contributed by atoms with Crippen molar-refractivity contribution in [2.45, 2.75) is 0 Å². The summed E-state index contributed by atoms with van der Waals surface area (Å²) < 4.78 is 4.82. The van der Waals surface area contributed by atoms with Crippen LogP contribution in [0.25, 0.3) is 0 Å². The number of ether oxygens (including phenoxy) is 1. The summed E-state index contributed by atoms with van der Waals surface area (Å²) in [6.07, 6.45) is 0. The molecule has 0 aliphatic carbocycles. The summed E-state index contributed by atoms with van der Waals surface area (Å²) in [7, 11) is 1.58. The summed E-state index contributed by atoms with van der Waals surface area (Å²) in [6, 6.07) is 6.10. The molecule has 3 N–H and O–H groups in total. The van der Waals surface area contributed by atoms with E-state index in [-0.39, 0.29) is 18.0 Å². The lowest BCUT2D eigenvalue weighted by Gasteiger charge is -2.07. The zero-order chi connectivity index (χ0) is 13.4. The first-order valence-electron chi connectivity index (χ1n) is 5.46. The van der Waals surface area contributed by atoms with Crippen LogP contribution in [-0.4, -0.2) is 43.8 Å². The smallest absolute Gasteiger partial charge is 0.335 e. The molecule has 0 spiro atoms. The predicted octanol–water partition coefficient (Wildman–Crippen LogP) is 0.559. The van der Waals surface area contributed by atoms with Crippen LogP contribution < -0.4 is 10.6 Å². The van der Waals surface area contributed by atoms with Gasteiger partial charge in [-0.25, -0.2) is 4.79 Å². The molecule has 6 heteroatoms. The van der Waals surface area contributed by atoms with E-state index in [9.17, 15) is 9.59 Å². The molecule has 6 nitrogen and oxygen atoms in total. The van der Waals surface area contributed by atoms with Crippen LogP contribution in [0.3, 0.4) is 0 Å². The number of amides is 1. The van der Waals surface area contributed by atoms with Gasteiger partial charge in [0.15, 0.2) is 0 Å². The van der Waals surface area contributed by atoms with Gasteiger partial charge < -0.3 is 20.5 Å². The molecular formula is C12H16N2O4. The molecule has 0 fully saturated rings. The second kappa shape index (κ2) is 7.41. The van der Waals surface area contributed by atoms with Gasteiger partial charge in [0.2, 0.25) is 5.91 Å². The molecule has 0 aliphatic heterocycles. The minimum atomic E-state index is -1.02. The molecule has 0 atom stereocenters. The summed E-state index contributed by atoms with van der Waals surface area (Å²) in [6.45, 7) is 1.27. The van der Waals surface area contributed by atoms with E-state index in [4.69, 9.17) is 9.84 Å². The first-order chi connectivity index (χ1) is 8.63. The first-order valence-corrected chi connectivity index (χ1v) is 5.46. The van der Waals surface area contributed by atoms with Gasteiger partial charge in [0.25, 0.3) is 0 Å². The van der Waals surface area contributed by atoms with Crippen molar-refractivity contribution in [3.8, 4) is 0 Å². The highest BCUT2D eigenvalue weighted by Crippen LogP contribution is 2.10. The summed E-state index contributed by atoms with van der Waals surface area (Å²) >= 11 is 0. The normalized spacial score (nSPS) is 10.1. The highest BCUT2D eigenvalue weighted by molar-refractivity contribution is 5.94. The van der Waals surface area contributed by atoms with E-state index < -0.39 is 5.97 Å². The highest BCUT2D eigenvalue weighted by atomic mass is 16.5. The fraction of sp³-hybridized carbons (Fsp3) is 0.333. The van der Waals surface area contributed by atoms with Crippen molar-refractivity contribution in [2.75, 3.05) is 32.1 Å². The second-order valence-electron chi connectivity index (χ2n) is 3.60. The van der Waals surface area contributed by atoms with E-state index in [1.165, 1.54) is 12.1 Å². The molecule has 0 heterocycles. The summed E-state index contributed by atoms with van der Waals surface area (Å²) in [5, 5.41) is 14.3. The Morgan fingerprint density at radius 3 is 2.83 bits per heavy atom. The van der Waals surface area contributed by atoms with Crippen molar-refractivity contribution >= 4 is 17.6 Å². The summed E-state index contributed by atoms with van der Waals surface area (Å²) in [4.78, 5) is 22.2. The molecule has 0 unspecified atom stereocenters. The highest BCUT2D eigenvalue weighted by Gasteiger charge is 2.05. The molecule has 18 heavy (non-hydrogen) atoms. The Morgan fingerprint density at radius 2 is 2.17 bits per heavy atom. The second-order valence-corrected chi connectivity index (χ2v) is 3.60. The third-order valence-electron chi connectivity index (χ3n) is 2.16. The van der Waals surface area contributed by atoms with Gasteiger partial charge in [-0.2, -0.15) is 0 Å². The maximum atomic E-state index is 11.5. The van der Waals surface area contributed by atoms with Crippen LogP contribution in [0, 0.1) is 0 Å². The van der Waals surface area contributed by atoms with Gasteiger partial charge in [-0.05, 0) is 18.2 Å². The number of methoxy groups -OCH3 is 1. The maximum Gasteiger partial charge on any atom is 0.335 e. The number of carboxylic acids is 1. The Bertz CT molecular complexity index is 420. The van der Waals surface area contributed by atoms with Crippen molar-refractivity contribution in [1.29, 1.82) is 0 Å². The number of rotatable bonds is 7. The molecule has 0 aliphatic rings. The zero-order valence-electron chi connectivity index (χ0n) is 10.1. The Labute approximate surface area is 105 Å². The third kappa shape index (κ3) is 4.94. The largest absolute Gasteiger partial charge is 0.478 e. The number of hydrogen-bond donors (Lipinski definition) is 3. The van der Waals surface area contributed by atoms with Gasteiger partial charge >= 0.3 is 5.97 Å². The Hall–Kier alpha value is -1.92. The van der Waals surface area contributed by atoms with E-state index in [2.05, 4.69) is 10.6 Å². The van der Waals surface area contributed by atoms with Crippen LogP contribution in [0.15, 0.2) is 24.3 Å². The number of carboxylic acid groups (broad SMARTS) is 1. The molecule has 98 valence electrons. The Morgan fingerprint density at radius 1 is 1.39 bits per heavy atom. The van der Waals surface area contributed by atoms with E-state index in [0.29, 0.717) is 18.8 Å². The molecule has 1 aromatic carbocycles. The van der Waals surface area contributed by atoms with Crippen LogP contribution in [-0.2, 0) is 9.53 Å². The van der Waals surface area contributed by atoms with Gasteiger partial charge in [0, 0.05) is 19.3 Å². The van der Waals surface area contributed by atoms with E-state index in [0.717, 1.165) is 0 Å². The van der Waals surface area contributed by atoms with Gasteiger partial charge in [-0.3, -0.25) is 4.79 Å². The van der Waals surface area contributed by atoms with Crippen molar-refractivity contribution in [3.05, 3.63) is 29.8 Å². The molecule has 0 saturated heterocycles. The molecule has 1 aromatic rings. The molecule has 1 rings (SSSR count). The summed E-state index contributed by atoms with van der Waals surface area (Å²) in [5.41, 5.74) is 0.605. The minimum absolute atomic E-state index is 0.139. The average Bonchev–Trinajstić information content (AvgIpc) is 2.35. The van der Waals surface area contributed by atoms with E-state index >= 15 is 0 Å². The van der Waals surface area contributed by atoms with Gasteiger partial charge in [-0.15, -0.1) is 0 Å². The van der Waals surface area contributed by atoms with Crippen LogP contribution in [0.2, 0.25) is 0 Å². The SMILES string of the molecule is COCCNCC(=O)Nc1cccc(C(=O)O)c1. The topological polar surface area (TPSA) is 87.7 Å². The molecule has 1 amide bonds. The number of anilines is 1. The molecule has 0 radical (unpaired) electrons. The number of hydrogen-bond acceptors (Lipinski definition) is 4. The molecular weight excluding hydrogens is 236 g/mol. The lowest BCUT2D eigenvalue weighted by Crippen LogP contribution is -2.30. The number of nitrogens with one attached hydrogen (secondary N) is 2. The third-order valence-corrected chi connectivity index (χ3v) is 2.16. The molecule has 0 bridgehead atoms. The van der Waals surface area contributed by atoms with Gasteiger partial charge in [0.05, 0.1) is 18.7 Å². The van der Waals surface area contributed by atoms with Gasteiger partial charge in [-0.1, -0.05) is 6.07 Å². The van der Waals surface area contributed by atoms with Crippen molar-refractivity contribution in [3.63, 3.8) is 0 Å². The minimum Gasteiger partial charge on any atom is -0.478 e. The lowest BCUT2D eigenvalue weighted by atomic mass is 10.2. The Balaban J connectivity index is 2.44. The summed E-state index contributed by atoms with van der Waals surface area (Å²) in [5.74, 6) is -1.25. The van der Waals surface area contributed by atoms with E-state index in [1.807, 2.05) is 0 Å². The van der Waals surface area contributed by atoms with Crippen molar-refractivity contribution in [2.24, 2.45) is 0 Å². The van der Waals surface area contributed by atoms with Crippen molar-refractivity contribution < 1.29 is 19.4 Å². The zero-order valence-corrected chi connectivity index (χ0v) is 10.1. The Kier molecular flexibility index (Phi) is 5.83. The monoisotopic (exact) mass is 252 g/mol. The van der Waals surface area contributed by atoms with Crippen LogP contribution in [0.4, 0.5) is 5.69 Å². The fourth-order valence-electron chi connectivity index (χ4n) is 1.31. The first kappa shape index (κ1) is 14.1. The van der Waals surface area contributed by atoms with Crippen LogP contribution in [0.5, 0.6) is 0 Å². The lowest BCUT2D eigenvalue weighted by molar-refractivity contribution is -0.115. The number of carbonyl (C=O) groups excluding carboxylic acids is 1. The predicted molar refractivity (Wildman–Crippen MR) is 66.8 cm³/mol. The number of aromatic carboxylic acids is 1. The standard InChI is InChI=1S/C12H16N2O4/c1-18-6-5-13-8-11(15)14-10-4-2-3-9(7-10)12(16)17/h2-4,7,13H,5-6,8H2,1H3,(H,14,15)(H,16,17). The molecule has 0 saturated carbocycles. The fourth-order valence-corrected chi connectivity index (χ4v) is 1.31.